The zero-order valence-corrected chi connectivity index (χ0v) is 15.2. The van der Waals surface area contributed by atoms with Gasteiger partial charge >= 0.3 is 0 Å². The molecule has 3 rings (SSSR count). The predicted octanol–water partition coefficient (Wildman–Crippen LogP) is 3.19. The number of likely N-dealkylation sites (tertiary alicyclic amines) is 1. The summed E-state index contributed by atoms with van der Waals surface area (Å²) in [5.74, 6) is 0.559. The van der Waals surface area contributed by atoms with E-state index < -0.39 is 0 Å². The summed E-state index contributed by atoms with van der Waals surface area (Å²) in [6.07, 6.45) is 2.37. The second-order valence-electron chi connectivity index (χ2n) is 6.24. The third kappa shape index (κ3) is 4.45. The molecule has 0 spiro atoms. The molecule has 1 fully saturated rings. The van der Waals surface area contributed by atoms with Crippen molar-refractivity contribution in [1.82, 2.24) is 15.2 Å². The predicted molar refractivity (Wildman–Crippen MR) is 98.6 cm³/mol. The molecule has 0 bridgehead atoms. The molecule has 25 heavy (non-hydrogen) atoms. The Kier molecular flexibility index (Phi) is 5.81. The van der Waals surface area contributed by atoms with E-state index in [0.29, 0.717) is 18.9 Å². The minimum atomic E-state index is 0.0438. The number of hydrogen-bond acceptors (Lipinski definition) is 4. The Morgan fingerprint density at radius 3 is 2.64 bits per heavy atom. The van der Waals surface area contributed by atoms with Crippen molar-refractivity contribution in [3.05, 3.63) is 52.0 Å². The molecule has 6 heteroatoms. The van der Waals surface area contributed by atoms with Crippen molar-refractivity contribution in [3.63, 3.8) is 0 Å². The topological polar surface area (TPSA) is 62.3 Å². The number of carbonyl (C=O) groups is 2. The van der Waals surface area contributed by atoms with Crippen LogP contribution in [0.25, 0.3) is 0 Å². The van der Waals surface area contributed by atoms with Gasteiger partial charge in [-0.1, -0.05) is 25.1 Å². The summed E-state index contributed by atoms with van der Waals surface area (Å²) in [5, 5.41) is 6.00. The molecule has 1 aromatic carbocycles. The normalized spacial score (nSPS) is 15.2. The Hall–Kier alpha value is -2.21. The smallest absolute Gasteiger partial charge is 0.253 e. The van der Waals surface area contributed by atoms with Gasteiger partial charge in [0.25, 0.3) is 5.91 Å². The SMILES string of the molecule is CCC(=O)NCc1csc(C2CCN(C(=O)c3ccccc3)CC2)n1. The van der Waals surface area contributed by atoms with Crippen molar-refractivity contribution < 1.29 is 9.59 Å². The number of nitrogens with zero attached hydrogens (tertiary/aromatic N) is 2. The van der Waals surface area contributed by atoms with E-state index in [9.17, 15) is 9.59 Å². The maximum absolute atomic E-state index is 12.5. The average Bonchev–Trinajstić information content (AvgIpc) is 3.15. The quantitative estimate of drug-likeness (QED) is 0.894. The minimum Gasteiger partial charge on any atom is -0.350 e. The third-order valence-electron chi connectivity index (χ3n) is 4.51. The van der Waals surface area contributed by atoms with Crippen molar-refractivity contribution in [2.24, 2.45) is 0 Å². The minimum absolute atomic E-state index is 0.0438. The summed E-state index contributed by atoms with van der Waals surface area (Å²) in [6, 6.07) is 9.45. The highest BCUT2D eigenvalue weighted by Gasteiger charge is 2.26. The zero-order valence-electron chi connectivity index (χ0n) is 14.4. The van der Waals surface area contributed by atoms with Crippen LogP contribution in [0.2, 0.25) is 0 Å². The lowest BCUT2D eigenvalue weighted by Gasteiger charge is -2.31. The van der Waals surface area contributed by atoms with Crippen LogP contribution in [0, 0.1) is 0 Å². The second kappa shape index (κ2) is 8.25. The molecule has 0 atom stereocenters. The van der Waals surface area contributed by atoms with Crippen LogP contribution in [0.5, 0.6) is 0 Å². The fraction of sp³-hybridized carbons (Fsp3) is 0.421. The number of amides is 2. The van der Waals surface area contributed by atoms with Gasteiger partial charge in [-0.05, 0) is 25.0 Å². The largest absolute Gasteiger partial charge is 0.350 e. The molecule has 2 amide bonds. The molecule has 0 saturated carbocycles. The Balaban J connectivity index is 1.53. The van der Waals surface area contributed by atoms with Crippen LogP contribution < -0.4 is 5.32 Å². The van der Waals surface area contributed by atoms with Crippen molar-refractivity contribution in [1.29, 1.82) is 0 Å². The molecule has 1 aromatic heterocycles. The van der Waals surface area contributed by atoms with Gasteiger partial charge in [-0.15, -0.1) is 11.3 Å². The Morgan fingerprint density at radius 1 is 1.24 bits per heavy atom. The van der Waals surface area contributed by atoms with Gasteiger partial charge in [-0.25, -0.2) is 4.98 Å². The van der Waals surface area contributed by atoms with Crippen LogP contribution in [0.3, 0.4) is 0 Å². The monoisotopic (exact) mass is 357 g/mol. The van der Waals surface area contributed by atoms with Gasteiger partial charge in [-0.2, -0.15) is 0 Å². The summed E-state index contributed by atoms with van der Waals surface area (Å²) < 4.78 is 0. The fourth-order valence-corrected chi connectivity index (χ4v) is 3.99. The fourth-order valence-electron chi connectivity index (χ4n) is 3.00. The molecular weight excluding hydrogens is 334 g/mol. The molecule has 1 saturated heterocycles. The van der Waals surface area contributed by atoms with Crippen molar-refractivity contribution in [3.8, 4) is 0 Å². The Bertz CT molecular complexity index is 721. The third-order valence-corrected chi connectivity index (χ3v) is 5.57. The van der Waals surface area contributed by atoms with Crippen molar-refractivity contribution >= 4 is 23.2 Å². The highest BCUT2D eigenvalue weighted by Crippen LogP contribution is 2.30. The highest BCUT2D eigenvalue weighted by atomic mass is 32.1. The molecule has 0 aliphatic carbocycles. The molecule has 0 unspecified atom stereocenters. The van der Waals surface area contributed by atoms with Crippen LogP contribution in [0.4, 0.5) is 0 Å². The van der Waals surface area contributed by atoms with Gasteiger partial charge in [0.15, 0.2) is 0 Å². The summed E-state index contributed by atoms with van der Waals surface area (Å²) in [4.78, 5) is 30.4. The number of rotatable bonds is 5. The summed E-state index contributed by atoms with van der Waals surface area (Å²) in [7, 11) is 0. The van der Waals surface area contributed by atoms with Crippen molar-refractivity contribution in [2.45, 2.75) is 38.6 Å². The molecule has 1 aliphatic heterocycles. The molecule has 1 N–H and O–H groups in total. The van der Waals surface area contributed by atoms with E-state index in [2.05, 4.69) is 10.3 Å². The first-order valence-corrected chi connectivity index (χ1v) is 9.60. The van der Waals surface area contributed by atoms with Crippen LogP contribution in [0.15, 0.2) is 35.7 Å². The lowest BCUT2D eigenvalue weighted by atomic mass is 9.97. The molecule has 0 radical (unpaired) electrons. The van der Waals surface area contributed by atoms with E-state index in [1.165, 1.54) is 0 Å². The first-order chi connectivity index (χ1) is 12.2. The van der Waals surface area contributed by atoms with Crippen LogP contribution in [0.1, 0.15) is 53.2 Å². The first-order valence-electron chi connectivity index (χ1n) is 8.72. The van der Waals surface area contributed by atoms with E-state index >= 15 is 0 Å². The number of benzene rings is 1. The first kappa shape index (κ1) is 17.6. The van der Waals surface area contributed by atoms with Crippen LogP contribution in [-0.2, 0) is 11.3 Å². The van der Waals surface area contributed by atoms with Crippen LogP contribution >= 0.6 is 11.3 Å². The lowest BCUT2D eigenvalue weighted by Crippen LogP contribution is -2.37. The number of nitrogens with one attached hydrogen (secondary N) is 1. The summed E-state index contributed by atoms with van der Waals surface area (Å²) in [6.45, 7) is 3.86. The molecule has 2 heterocycles. The van der Waals surface area contributed by atoms with Gasteiger partial charge in [0.1, 0.15) is 0 Å². The van der Waals surface area contributed by atoms with Gasteiger partial charge < -0.3 is 10.2 Å². The molecular formula is C19H23N3O2S. The van der Waals surface area contributed by atoms with Gasteiger partial charge in [0.05, 0.1) is 17.2 Å². The zero-order chi connectivity index (χ0) is 17.6. The highest BCUT2D eigenvalue weighted by molar-refractivity contribution is 7.09. The maximum atomic E-state index is 12.5. The van der Waals surface area contributed by atoms with Gasteiger partial charge in [0, 0.05) is 36.4 Å². The maximum Gasteiger partial charge on any atom is 0.253 e. The molecule has 1 aliphatic rings. The van der Waals surface area contributed by atoms with E-state index in [0.717, 1.165) is 42.2 Å². The number of aromatic nitrogens is 1. The summed E-state index contributed by atoms with van der Waals surface area (Å²) in [5.41, 5.74) is 1.67. The number of carbonyl (C=O) groups excluding carboxylic acids is 2. The molecule has 2 aromatic rings. The number of piperidine rings is 1. The van der Waals surface area contributed by atoms with E-state index in [4.69, 9.17) is 0 Å². The average molecular weight is 357 g/mol. The van der Waals surface area contributed by atoms with Gasteiger partial charge in [0.2, 0.25) is 5.91 Å². The second-order valence-corrected chi connectivity index (χ2v) is 7.13. The van der Waals surface area contributed by atoms with E-state index in [1.54, 1.807) is 11.3 Å². The van der Waals surface area contributed by atoms with Crippen LogP contribution in [-0.4, -0.2) is 34.8 Å². The molecule has 5 nitrogen and oxygen atoms in total. The van der Waals surface area contributed by atoms with Crippen molar-refractivity contribution in [2.75, 3.05) is 13.1 Å². The van der Waals surface area contributed by atoms with E-state index in [-0.39, 0.29) is 11.8 Å². The molecule has 132 valence electrons. The Labute approximate surface area is 152 Å². The van der Waals surface area contributed by atoms with E-state index in [1.807, 2.05) is 47.5 Å². The number of hydrogen-bond donors (Lipinski definition) is 1. The Morgan fingerprint density at radius 2 is 1.96 bits per heavy atom. The lowest BCUT2D eigenvalue weighted by molar-refractivity contribution is -0.120. The summed E-state index contributed by atoms with van der Waals surface area (Å²) >= 11 is 1.66. The standard InChI is InChI=1S/C19H23N3O2S/c1-2-17(23)20-12-16-13-25-18(21-16)14-8-10-22(11-9-14)19(24)15-6-4-3-5-7-15/h3-7,13-14H,2,8-12H2,1H3,(H,20,23). The van der Waals surface area contributed by atoms with Gasteiger partial charge in [-0.3, -0.25) is 9.59 Å². The number of thiazole rings is 1.